The molecule has 0 aliphatic heterocycles. The van der Waals surface area contributed by atoms with Crippen LogP contribution in [0, 0.1) is 5.41 Å². The lowest BCUT2D eigenvalue weighted by molar-refractivity contribution is -0.139. The molecule has 5 nitrogen and oxygen atoms in total. The number of imidazole rings is 1. The second-order valence-electron chi connectivity index (χ2n) is 6.46. The predicted octanol–water partition coefficient (Wildman–Crippen LogP) is 2.31. The summed E-state index contributed by atoms with van der Waals surface area (Å²) in [4.78, 5) is 22.7. The van der Waals surface area contributed by atoms with E-state index in [1.165, 1.54) is 0 Å². The largest absolute Gasteiger partial charge is 0.481 e. The van der Waals surface area contributed by atoms with Gasteiger partial charge < -0.3 is 5.11 Å². The van der Waals surface area contributed by atoms with Gasteiger partial charge in [0.25, 0.3) is 0 Å². The lowest BCUT2D eigenvalue weighted by Gasteiger charge is -2.22. The molecule has 0 aliphatic rings. The normalized spacial score (nSPS) is 12.0. The molecule has 0 radical (unpaired) electrons. The quantitative estimate of drug-likeness (QED) is 0.919. The van der Waals surface area contributed by atoms with Gasteiger partial charge in [0.15, 0.2) is 0 Å². The van der Waals surface area contributed by atoms with Crippen LogP contribution in [0.4, 0.5) is 0 Å². The molecular weight excluding hydrogens is 268 g/mol. The number of hydrogen-bond donors (Lipinski definition) is 1. The van der Waals surface area contributed by atoms with Gasteiger partial charge in [-0.2, -0.15) is 0 Å². The Hall–Kier alpha value is -2.04. The maximum absolute atomic E-state index is 11.9. The predicted molar refractivity (Wildman–Crippen MR) is 82.5 cm³/mol. The van der Waals surface area contributed by atoms with Gasteiger partial charge in [0.1, 0.15) is 0 Å². The van der Waals surface area contributed by atoms with Crippen molar-refractivity contribution in [1.29, 1.82) is 0 Å². The van der Waals surface area contributed by atoms with Gasteiger partial charge in [0, 0.05) is 14.1 Å². The average Bonchev–Trinajstić information content (AvgIpc) is 2.60. The SMILES string of the molecule is Cn1c(=O)n(C)c2cc(CCC(C)(C)CC(=O)O)ccc21. The number of carboxylic acids is 1. The van der Waals surface area contributed by atoms with E-state index in [0.29, 0.717) is 0 Å². The third kappa shape index (κ3) is 3.17. The molecular formula is C16H22N2O3. The van der Waals surface area contributed by atoms with Crippen molar-refractivity contribution < 1.29 is 9.90 Å². The molecule has 0 fully saturated rings. The van der Waals surface area contributed by atoms with Gasteiger partial charge in [-0.3, -0.25) is 13.9 Å². The first-order chi connectivity index (χ1) is 9.71. The summed E-state index contributed by atoms with van der Waals surface area (Å²) in [6.45, 7) is 3.94. The molecule has 0 spiro atoms. The molecule has 0 unspecified atom stereocenters. The Morgan fingerprint density at radius 2 is 1.81 bits per heavy atom. The minimum absolute atomic E-state index is 0.0339. The lowest BCUT2D eigenvalue weighted by atomic mass is 9.83. The van der Waals surface area contributed by atoms with Gasteiger partial charge in [-0.15, -0.1) is 0 Å². The highest BCUT2D eigenvalue weighted by Crippen LogP contribution is 2.27. The van der Waals surface area contributed by atoms with E-state index >= 15 is 0 Å². The Morgan fingerprint density at radius 3 is 2.43 bits per heavy atom. The minimum atomic E-state index is -0.763. The fourth-order valence-electron chi connectivity index (χ4n) is 2.69. The molecule has 1 aromatic carbocycles. The number of carboxylic acid groups (broad SMARTS) is 1. The molecule has 0 amide bonds. The molecule has 1 aromatic heterocycles. The Labute approximate surface area is 123 Å². The molecule has 2 aromatic rings. The summed E-state index contributed by atoms with van der Waals surface area (Å²) < 4.78 is 3.27. The van der Waals surface area contributed by atoms with Crippen LogP contribution in [-0.4, -0.2) is 20.2 Å². The Balaban J connectivity index is 2.23. The van der Waals surface area contributed by atoms with Crippen LogP contribution in [0.2, 0.25) is 0 Å². The van der Waals surface area contributed by atoms with Crippen molar-refractivity contribution in [2.45, 2.75) is 33.1 Å². The number of fused-ring (bicyclic) bond motifs is 1. The molecule has 2 rings (SSSR count). The number of aliphatic carboxylic acids is 1. The average molecular weight is 290 g/mol. The van der Waals surface area contributed by atoms with Crippen LogP contribution in [0.5, 0.6) is 0 Å². The van der Waals surface area contributed by atoms with Crippen LogP contribution in [0.15, 0.2) is 23.0 Å². The van der Waals surface area contributed by atoms with E-state index in [1.807, 2.05) is 32.0 Å². The fourth-order valence-corrected chi connectivity index (χ4v) is 2.69. The molecule has 21 heavy (non-hydrogen) atoms. The molecule has 1 N–H and O–H groups in total. The van der Waals surface area contributed by atoms with E-state index in [-0.39, 0.29) is 17.5 Å². The van der Waals surface area contributed by atoms with Crippen molar-refractivity contribution in [1.82, 2.24) is 9.13 Å². The molecule has 0 atom stereocenters. The Bertz CT molecular complexity index is 738. The highest BCUT2D eigenvalue weighted by atomic mass is 16.4. The molecule has 114 valence electrons. The number of rotatable bonds is 5. The first-order valence-corrected chi connectivity index (χ1v) is 7.07. The maximum Gasteiger partial charge on any atom is 0.328 e. The van der Waals surface area contributed by atoms with Crippen LogP contribution in [0.3, 0.4) is 0 Å². The summed E-state index contributed by atoms with van der Waals surface area (Å²) in [7, 11) is 3.53. The van der Waals surface area contributed by atoms with Crippen molar-refractivity contribution in [2.24, 2.45) is 19.5 Å². The summed E-state index contributed by atoms with van der Waals surface area (Å²) in [5.41, 5.74) is 2.69. The van der Waals surface area contributed by atoms with Crippen molar-refractivity contribution in [2.75, 3.05) is 0 Å². The maximum atomic E-state index is 11.9. The number of hydrogen-bond acceptors (Lipinski definition) is 2. The van der Waals surface area contributed by atoms with E-state index in [0.717, 1.165) is 29.4 Å². The second kappa shape index (κ2) is 5.39. The molecule has 5 heteroatoms. The van der Waals surface area contributed by atoms with Gasteiger partial charge in [0.2, 0.25) is 0 Å². The molecule has 0 bridgehead atoms. The summed E-state index contributed by atoms with van der Waals surface area (Å²) in [5.74, 6) is -0.763. The van der Waals surface area contributed by atoms with Crippen LogP contribution in [-0.2, 0) is 25.3 Å². The van der Waals surface area contributed by atoms with Gasteiger partial charge in [-0.05, 0) is 36.0 Å². The first kappa shape index (κ1) is 15.4. The van der Waals surface area contributed by atoms with E-state index in [1.54, 1.807) is 23.2 Å². The number of benzene rings is 1. The Morgan fingerprint density at radius 1 is 1.19 bits per heavy atom. The van der Waals surface area contributed by atoms with E-state index in [9.17, 15) is 9.59 Å². The van der Waals surface area contributed by atoms with E-state index < -0.39 is 5.97 Å². The zero-order chi connectivity index (χ0) is 15.8. The highest BCUT2D eigenvalue weighted by molar-refractivity contribution is 5.76. The zero-order valence-electron chi connectivity index (χ0n) is 13.0. The van der Waals surface area contributed by atoms with Gasteiger partial charge in [-0.1, -0.05) is 19.9 Å². The smallest absolute Gasteiger partial charge is 0.328 e. The summed E-state index contributed by atoms with van der Waals surface area (Å²) in [6.07, 6.45) is 1.77. The minimum Gasteiger partial charge on any atom is -0.481 e. The molecule has 0 saturated carbocycles. The van der Waals surface area contributed by atoms with Gasteiger partial charge >= 0.3 is 11.7 Å². The van der Waals surface area contributed by atoms with Gasteiger partial charge in [-0.25, -0.2) is 4.79 Å². The standard InChI is InChI=1S/C16H22N2O3/c1-16(2,10-14(19)20)8-7-11-5-6-12-13(9-11)18(4)15(21)17(12)3/h5-6,9H,7-8,10H2,1-4H3,(H,19,20). The zero-order valence-corrected chi connectivity index (χ0v) is 13.0. The fraction of sp³-hybridized carbons (Fsp3) is 0.500. The molecule has 0 aliphatic carbocycles. The number of aromatic nitrogens is 2. The van der Waals surface area contributed by atoms with Gasteiger partial charge in [0.05, 0.1) is 17.5 Å². The van der Waals surface area contributed by atoms with Crippen LogP contribution < -0.4 is 5.69 Å². The van der Waals surface area contributed by atoms with E-state index in [4.69, 9.17) is 5.11 Å². The summed E-state index contributed by atoms with van der Waals surface area (Å²) in [5, 5.41) is 8.92. The second-order valence-corrected chi connectivity index (χ2v) is 6.46. The monoisotopic (exact) mass is 290 g/mol. The Kier molecular flexibility index (Phi) is 3.94. The highest BCUT2D eigenvalue weighted by Gasteiger charge is 2.21. The number of carbonyl (C=O) groups is 1. The lowest BCUT2D eigenvalue weighted by Crippen LogP contribution is -2.19. The van der Waals surface area contributed by atoms with Crippen LogP contribution >= 0.6 is 0 Å². The third-order valence-corrected chi connectivity index (χ3v) is 4.06. The first-order valence-electron chi connectivity index (χ1n) is 7.07. The number of aryl methyl sites for hydroxylation is 3. The summed E-state index contributed by atoms with van der Waals surface area (Å²) in [6, 6.07) is 5.99. The van der Waals surface area contributed by atoms with Crippen molar-refractivity contribution >= 4 is 17.0 Å². The molecule has 0 saturated heterocycles. The summed E-state index contributed by atoms with van der Waals surface area (Å²) >= 11 is 0. The topological polar surface area (TPSA) is 64.2 Å². The van der Waals surface area contributed by atoms with Crippen molar-refractivity contribution in [3.63, 3.8) is 0 Å². The molecule has 1 heterocycles. The van der Waals surface area contributed by atoms with Crippen LogP contribution in [0.1, 0.15) is 32.3 Å². The number of nitrogens with zero attached hydrogens (tertiary/aromatic N) is 2. The third-order valence-electron chi connectivity index (χ3n) is 4.06. The van der Waals surface area contributed by atoms with Crippen LogP contribution in [0.25, 0.3) is 11.0 Å². The van der Waals surface area contributed by atoms with Crippen molar-refractivity contribution in [3.05, 3.63) is 34.2 Å². The van der Waals surface area contributed by atoms with E-state index in [2.05, 4.69) is 0 Å². The van der Waals surface area contributed by atoms with Crippen molar-refractivity contribution in [3.8, 4) is 0 Å².